The van der Waals surface area contributed by atoms with Crippen LogP contribution in [0.1, 0.15) is 29.0 Å². The Bertz CT molecular complexity index is 1180. The molecule has 1 aliphatic heterocycles. The Morgan fingerprint density at radius 3 is 2.88 bits per heavy atom. The van der Waals surface area contributed by atoms with E-state index in [0.717, 1.165) is 30.1 Å². The van der Waals surface area contributed by atoms with E-state index in [9.17, 15) is 9.59 Å². The van der Waals surface area contributed by atoms with Gasteiger partial charge in [0.15, 0.2) is 11.5 Å². The van der Waals surface area contributed by atoms with Crippen LogP contribution in [-0.4, -0.2) is 52.5 Å². The van der Waals surface area contributed by atoms with Gasteiger partial charge in [-0.05, 0) is 49.5 Å². The smallest absolute Gasteiger partial charge is 0.319 e. The maximum absolute atomic E-state index is 12.5. The molecule has 1 saturated heterocycles. The topological polar surface area (TPSA) is 147 Å². The number of rotatable bonds is 7. The molecule has 1 fully saturated rings. The first kappa shape index (κ1) is 23.2. The van der Waals surface area contributed by atoms with Crippen molar-refractivity contribution in [1.82, 2.24) is 19.7 Å². The number of primary amides is 1. The van der Waals surface area contributed by atoms with Crippen LogP contribution >= 0.6 is 11.5 Å². The molecular weight excluding hydrogens is 456 g/mol. The van der Waals surface area contributed by atoms with Crippen LogP contribution < -0.4 is 31.3 Å². The number of hydrogen-bond acceptors (Lipinski definition) is 9. The van der Waals surface area contributed by atoms with E-state index in [1.807, 2.05) is 30.0 Å². The molecule has 1 aromatic carbocycles. The fourth-order valence-corrected chi connectivity index (χ4v) is 4.36. The summed E-state index contributed by atoms with van der Waals surface area (Å²) in [5, 5.41) is 9.68. The van der Waals surface area contributed by atoms with Gasteiger partial charge in [-0.2, -0.15) is 4.37 Å². The van der Waals surface area contributed by atoms with Gasteiger partial charge in [-0.3, -0.25) is 4.79 Å². The Hall–Kier alpha value is -3.93. The first-order chi connectivity index (χ1) is 16.4. The summed E-state index contributed by atoms with van der Waals surface area (Å²) in [5.74, 6) is 0.862. The summed E-state index contributed by atoms with van der Waals surface area (Å²) < 4.78 is 9.42. The molecule has 3 heterocycles. The Labute approximate surface area is 200 Å². The van der Waals surface area contributed by atoms with E-state index >= 15 is 0 Å². The summed E-state index contributed by atoms with van der Waals surface area (Å²) in [5.41, 5.74) is 7.05. The molecule has 2 aromatic heterocycles. The second-order valence-corrected chi connectivity index (χ2v) is 8.67. The van der Waals surface area contributed by atoms with Crippen molar-refractivity contribution in [2.75, 3.05) is 35.7 Å². The fourth-order valence-electron chi connectivity index (χ4n) is 3.70. The summed E-state index contributed by atoms with van der Waals surface area (Å²) in [7, 11) is 1.58. The van der Waals surface area contributed by atoms with Crippen molar-refractivity contribution in [3.63, 3.8) is 0 Å². The van der Waals surface area contributed by atoms with Crippen molar-refractivity contribution in [2.24, 2.45) is 5.73 Å². The van der Waals surface area contributed by atoms with Gasteiger partial charge < -0.3 is 31.3 Å². The minimum atomic E-state index is -0.671. The summed E-state index contributed by atoms with van der Waals surface area (Å²) >= 11 is 1.26. The number of carbonyl (C=O) groups is 2. The lowest BCUT2D eigenvalue weighted by Crippen LogP contribution is -2.49. The molecule has 0 bridgehead atoms. The van der Waals surface area contributed by atoms with Gasteiger partial charge in [0.25, 0.3) is 5.91 Å². The molecule has 1 aliphatic rings. The molecule has 0 saturated carbocycles. The zero-order valence-electron chi connectivity index (χ0n) is 18.9. The second-order valence-electron chi connectivity index (χ2n) is 7.86. The zero-order valence-corrected chi connectivity index (χ0v) is 19.7. The van der Waals surface area contributed by atoms with E-state index in [2.05, 4.69) is 30.3 Å². The Balaban J connectivity index is 1.44. The van der Waals surface area contributed by atoms with E-state index in [1.165, 1.54) is 17.7 Å². The predicted octanol–water partition coefficient (Wildman–Crippen LogP) is 2.88. The number of aromatic nitrogens is 3. The lowest BCUT2D eigenvalue weighted by Gasteiger charge is -2.34. The van der Waals surface area contributed by atoms with Gasteiger partial charge in [0, 0.05) is 30.9 Å². The summed E-state index contributed by atoms with van der Waals surface area (Å²) in [6.07, 6.45) is 3.22. The van der Waals surface area contributed by atoms with E-state index in [0.29, 0.717) is 23.8 Å². The monoisotopic (exact) mass is 482 g/mol. The van der Waals surface area contributed by atoms with Crippen LogP contribution in [0.15, 0.2) is 36.5 Å². The van der Waals surface area contributed by atoms with Gasteiger partial charge in [-0.25, -0.2) is 14.8 Å². The summed E-state index contributed by atoms with van der Waals surface area (Å²) in [4.78, 5) is 35.3. The highest BCUT2D eigenvalue weighted by molar-refractivity contribution is 7.10. The molecule has 1 unspecified atom stereocenters. The summed E-state index contributed by atoms with van der Waals surface area (Å²) in [6.45, 7) is 3.18. The minimum Gasteiger partial charge on any atom is -0.497 e. The fraction of sp³-hybridized carbons (Fsp3) is 0.318. The number of ether oxygens (including phenoxy) is 1. The number of carbonyl (C=O) groups excluding carboxylic acids is 2. The number of piperidine rings is 1. The third kappa shape index (κ3) is 5.70. The van der Waals surface area contributed by atoms with Crippen LogP contribution in [0.25, 0.3) is 0 Å². The van der Waals surface area contributed by atoms with E-state index in [1.54, 1.807) is 19.2 Å². The minimum absolute atomic E-state index is 0.0548. The molecule has 3 amide bonds. The van der Waals surface area contributed by atoms with Crippen molar-refractivity contribution >= 4 is 45.8 Å². The molecule has 11 nitrogen and oxygen atoms in total. The zero-order chi connectivity index (χ0) is 24.1. The predicted molar refractivity (Wildman–Crippen MR) is 131 cm³/mol. The van der Waals surface area contributed by atoms with Crippen LogP contribution in [0.5, 0.6) is 5.75 Å². The van der Waals surface area contributed by atoms with Gasteiger partial charge in [-0.15, -0.1) is 0 Å². The number of methoxy groups -OCH3 is 1. The lowest BCUT2D eigenvalue weighted by molar-refractivity contribution is 0.0996. The van der Waals surface area contributed by atoms with Crippen molar-refractivity contribution < 1.29 is 14.3 Å². The normalized spacial score (nSPS) is 15.5. The number of hydrogen-bond donors (Lipinski definition) is 4. The molecule has 178 valence electrons. The average Bonchev–Trinajstić information content (AvgIpc) is 3.23. The van der Waals surface area contributed by atoms with Gasteiger partial charge in [0.05, 0.1) is 19.0 Å². The molecule has 3 aromatic rings. The van der Waals surface area contributed by atoms with Gasteiger partial charge in [0.1, 0.15) is 16.6 Å². The highest BCUT2D eigenvalue weighted by Crippen LogP contribution is 2.25. The number of nitrogens with zero attached hydrogens (tertiary/aromatic N) is 4. The van der Waals surface area contributed by atoms with Crippen molar-refractivity contribution in [3.05, 3.63) is 47.9 Å². The Morgan fingerprint density at radius 2 is 2.15 bits per heavy atom. The molecular formula is C22H26N8O3S. The van der Waals surface area contributed by atoms with Gasteiger partial charge in [0.2, 0.25) is 0 Å². The van der Waals surface area contributed by atoms with Crippen LogP contribution in [-0.2, 0) is 0 Å². The molecule has 5 N–H and O–H groups in total. The SMILES string of the molecule is COc1cccc(NC(=O)NC2CCCN(c3cnc(C(N)=O)c(Nc4cc(C)ns4)n3)C2)c1. The molecule has 34 heavy (non-hydrogen) atoms. The summed E-state index contributed by atoms with van der Waals surface area (Å²) in [6, 6.07) is 8.64. The number of nitrogens with two attached hydrogens (primary N) is 1. The maximum atomic E-state index is 12.5. The second kappa shape index (κ2) is 10.3. The van der Waals surface area contributed by atoms with Crippen molar-refractivity contribution in [3.8, 4) is 5.75 Å². The van der Waals surface area contributed by atoms with Crippen LogP contribution in [0.3, 0.4) is 0 Å². The van der Waals surface area contributed by atoms with Gasteiger partial charge in [-0.1, -0.05) is 6.07 Å². The molecule has 4 rings (SSSR count). The van der Waals surface area contributed by atoms with E-state index in [4.69, 9.17) is 10.5 Å². The lowest BCUT2D eigenvalue weighted by atomic mass is 10.1. The Morgan fingerprint density at radius 1 is 1.29 bits per heavy atom. The largest absolute Gasteiger partial charge is 0.497 e. The standard InChI is InChI=1S/C22H26N8O3S/c1-13-9-18(34-29-13)28-21-19(20(23)31)24-11-17(27-21)30-8-4-6-15(12-30)26-22(32)25-14-5-3-7-16(10-14)33-2/h3,5,7,9-11,15H,4,6,8,12H2,1-2H3,(H2,23,31)(H,27,28)(H2,25,26,32). The van der Waals surface area contributed by atoms with Crippen molar-refractivity contribution in [1.29, 1.82) is 0 Å². The number of urea groups is 1. The number of nitrogens with one attached hydrogen (secondary N) is 3. The Kier molecular flexibility index (Phi) is 7.07. The number of benzene rings is 1. The first-order valence-electron chi connectivity index (χ1n) is 10.7. The highest BCUT2D eigenvalue weighted by Gasteiger charge is 2.24. The molecule has 0 radical (unpaired) electrons. The quantitative estimate of drug-likeness (QED) is 0.402. The molecule has 0 spiro atoms. The molecule has 0 aliphatic carbocycles. The van der Waals surface area contributed by atoms with Crippen LogP contribution in [0.2, 0.25) is 0 Å². The number of anilines is 4. The van der Waals surface area contributed by atoms with Crippen LogP contribution in [0.4, 0.5) is 27.1 Å². The highest BCUT2D eigenvalue weighted by atomic mass is 32.1. The number of amides is 3. The van der Waals surface area contributed by atoms with Gasteiger partial charge >= 0.3 is 6.03 Å². The average molecular weight is 483 g/mol. The third-order valence-electron chi connectivity index (χ3n) is 5.27. The molecule has 12 heteroatoms. The third-order valence-corrected chi connectivity index (χ3v) is 6.07. The number of aryl methyl sites for hydroxylation is 1. The molecule has 1 atom stereocenters. The van der Waals surface area contributed by atoms with Crippen LogP contribution in [0, 0.1) is 6.92 Å². The van der Waals surface area contributed by atoms with Crippen molar-refractivity contribution in [2.45, 2.75) is 25.8 Å². The van der Waals surface area contributed by atoms with E-state index in [-0.39, 0.29) is 23.6 Å². The first-order valence-corrected chi connectivity index (χ1v) is 11.5. The van der Waals surface area contributed by atoms with E-state index < -0.39 is 5.91 Å². The maximum Gasteiger partial charge on any atom is 0.319 e.